The number of carbonyl (C=O) groups excluding carboxylic acids is 1. The van der Waals surface area contributed by atoms with E-state index >= 15 is 0 Å². The second-order valence-electron chi connectivity index (χ2n) is 6.45. The summed E-state index contributed by atoms with van der Waals surface area (Å²) in [4.78, 5) is 16.8. The second-order valence-corrected chi connectivity index (χ2v) is 6.45. The minimum absolute atomic E-state index is 0.0326. The second kappa shape index (κ2) is 6.16. The number of hydrogen-bond donors (Lipinski definition) is 0. The normalized spacial score (nSPS) is 15.9. The molecule has 0 radical (unpaired) electrons. The smallest absolute Gasteiger partial charge is 0.274 e. The van der Waals surface area contributed by atoms with Crippen molar-refractivity contribution in [1.82, 2.24) is 19.6 Å². The van der Waals surface area contributed by atoms with E-state index in [1.165, 1.54) is 11.1 Å². The molecule has 1 fully saturated rings. The quantitative estimate of drug-likeness (QED) is 0.853. The van der Waals surface area contributed by atoms with E-state index in [1.54, 1.807) is 0 Å². The minimum Gasteiger partial charge on any atom is -0.335 e. The van der Waals surface area contributed by atoms with E-state index in [0.29, 0.717) is 5.69 Å². The van der Waals surface area contributed by atoms with Crippen LogP contribution in [0.15, 0.2) is 24.3 Å². The van der Waals surface area contributed by atoms with Crippen molar-refractivity contribution in [3.63, 3.8) is 0 Å². The molecule has 0 bridgehead atoms. The standard InChI is InChI=1S/C18H24N4O/c1-13-5-6-14(2)15(11-13)17-12-16(19-21(17)4)18(23)22-9-7-20(3)8-10-22/h5-6,11-12H,7-10H2,1-4H3. The maximum absolute atomic E-state index is 12.7. The number of benzene rings is 1. The van der Waals surface area contributed by atoms with E-state index in [1.807, 2.05) is 22.7 Å². The van der Waals surface area contributed by atoms with E-state index in [9.17, 15) is 4.79 Å². The Kier molecular flexibility index (Phi) is 4.22. The molecule has 0 saturated carbocycles. The van der Waals surface area contributed by atoms with Crippen molar-refractivity contribution in [3.05, 3.63) is 41.1 Å². The summed E-state index contributed by atoms with van der Waals surface area (Å²) < 4.78 is 1.81. The number of likely N-dealkylation sites (N-methyl/N-ethyl adjacent to an activating group) is 1. The van der Waals surface area contributed by atoms with Crippen LogP contribution in [-0.4, -0.2) is 58.7 Å². The predicted molar refractivity (Wildman–Crippen MR) is 91.5 cm³/mol. The maximum atomic E-state index is 12.7. The molecule has 5 heteroatoms. The van der Waals surface area contributed by atoms with E-state index in [-0.39, 0.29) is 5.91 Å². The van der Waals surface area contributed by atoms with Crippen LogP contribution in [0.1, 0.15) is 21.6 Å². The molecule has 0 aliphatic carbocycles. The van der Waals surface area contributed by atoms with E-state index in [2.05, 4.69) is 49.1 Å². The van der Waals surface area contributed by atoms with Crippen LogP contribution in [0.4, 0.5) is 0 Å². The van der Waals surface area contributed by atoms with Gasteiger partial charge in [0.1, 0.15) is 0 Å². The lowest BCUT2D eigenvalue weighted by atomic mass is 10.0. The molecule has 0 N–H and O–H groups in total. The minimum atomic E-state index is 0.0326. The summed E-state index contributed by atoms with van der Waals surface area (Å²) in [6.45, 7) is 7.54. The van der Waals surface area contributed by atoms with Gasteiger partial charge in [-0.15, -0.1) is 0 Å². The molecular weight excluding hydrogens is 288 g/mol. The van der Waals surface area contributed by atoms with Crippen LogP contribution in [0.25, 0.3) is 11.3 Å². The van der Waals surface area contributed by atoms with Gasteiger partial charge in [-0.05, 0) is 38.6 Å². The topological polar surface area (TPSA) is 41.4 Å². The first-order valence-electron chi connectivity index (χ1n) is 8.05. The van der Waals surface area contributed by atoms with Gasteiger partial charge >= 0.3 is 0 Å². The summed E-state index contributed by atoms with van der Waals surface area (Å²) in [5.74, 6) is 0.0326. The zero-order valence-corrected chi connectivity index (χ0v) is 14.3. The highest BCUT2D eigenvalue weighted by molar-refractivity contribution is 5.93. The van der Waals surface area contributed by atoms with Crippen LogP contribution in [0.2, 0.25) is 0 Å². The molecule has 0 spiro atoms. The number of piperazine rings is 1. The van der Waals surface area contributed by atoms with Crippen LogP contribution in [0, 0.1) is 13.8 Å². The third-order valence-corrected chi connectivity index (χ3v) is 4.56. The van der Waals surface area contributed by atoms with Gasteiger partial charge in [-0.2, -0.15) is 5.10 Å². The van der Waals surface area contributed by atoms with Gasteiger partial charge in [-0.1, -0.05) is 17.7 Å². The van der Waals surface area contributed by atoms with Crippen LogP contribution in [0.3, 0.4) is 0 Å². The molecule has 0 atom stereocenters. The summed E-state index contributed by atoms with van der Waals surface area (Å²) >= 11 is 0. The predicted octanol–water partition coefficient (Wildman–Crippen LogP) is 2.09. The van der Waals surface area contributed by atoms with Crippen molar-refractivity contribution in [1.29, 1.82) is 0 Å². The summed E-state index contributed by atoms with van der Waals surface area (Å²) in [7, 11) is 3.99. The zero-order chi connectivity index (χ0) is 16.6. The zero-order valence-electron chi connectivity index (χ0n) is 14.3. The van der Waals surface area contributed by atoms with Crippen LogP contribution in [0.5, 0.6) is 0 Å². The Labute approximate surface area is 137 Å². The number of amides is 1. The lowest BCUT2D eigenvalue weighted by Crippen LogP contribution is -2.47. The van der Waals surface area contributed by atoms with Gasteiger partial charge in [0.15, 0.2) is 5.69 Å². The van der Waals surface area contributed by atoms with Crippen LogP contribution < -0.4 is 0 Å². The Bertz CT molecular complexity index is 727. The van der Waals surface area contributed by atoms with Gasteiger partial charge in [-0.25, -0.2) is 0 Å². The molecule has 1 aromatic heterocycles. The third kappa shape index (κ3) is 3.15. The van der Waals surface area contributed by atoms with Gasteiger partial charge in [0, 0.05) is 38.8 Å². The Morgan fingerprint density at radius 2 is 1.74 bits per heavy atom. The number of hydrogen-bond acceptors (Lipinski definition) is 3. The maximum Gasteiger partial charge on any atom is 0.274 e. The van der Waals surface area contributed by atoms with Crippen molar-refractivity contribution in [3.8, 4) is 11.3 Å². The Morgan fingerprint density at radius 3 is 2.43 bits per heavy atom. The van der Waals surface area contributed by atoms with E-state index in [0.717, 1.165) is 37.4 Å². The van der Waals surface area contributed by atoms with E-state index < -0.39 is 0 Å². The van der Waals surface area contributed by atoms with Gasteiger partial charge < -0.3 is 9.80 Å². The average molecular weight is 312 g/mol. The summed E-state index contributed by atoms with van der Waals surface area (Å²) in [6, 6.07) is 8.28. The van der Waals surface area contributed by atoms with E-state index in [4.69, 9.17) is 0 Å². The highest BCUT2D eigenvalue weighted by Crippen LogP contribution is 2.25. The molecule has 0 unspecified atom stereocenters. The monoisotopic (exact) mass is 312 g/mol. The summed E-state index contributed by atoms with van der Waals surface area (Å²) in [5.41, 5.74) is 5.06. The molecule has 1 aromatic carbocycles. The number of aromatic nitrogens is 2. The van der Waals surface area contributed by atoms with Crippen molar-refractivity contribution in [2.75, 3.05) is 33.2 Å². The molecule has 1 saturated heterocycles. The van der Waals surface area contributed by atoms with Crippen molar-refractivity contribution < 1.29 is 4.79 Å². The first-order valence-corrected chi connectivity index (χ1v) is 8.05. The number of rotatable bonds is 2. The van der Waals surface area contributed by atoms with Crippen LogP contribution in [-0.2, 0) is 7.05 Å². The Morgan fingerprint density at radius 1 is 1.04 bits per heavy atom. The molecule has 3 rings (SSSR count). The highest BCUT2D eigenvalue weighted by atomic mass is 16.2. The average Bonchev–Trinajstić information content (AvgIpc) is 2.91. The highest BCUT2D eigenvalue weighted by Gasteiger charge is 2.23. The van der Waals surface area contributed by atoms with Gasteiger partial charge in [0.05, 0.1) is 5.69 Å². The SMILES string of the molecule is Cc1ccc(C)c(-c2cc(C(=O)N3CCN(C)CC3)nn2C)c1. The number of nitrogens with zero attached hydrogens (tertiary/aromatic N) is 4. The molecule has 2 aromatic rings. The van der Waals surface area contributed by atoms with Crippen molar-refractivity contribution in [2.45, 2.75) is 13.8 Å². The van der Waals surface area contributed by atoms with Gasteiger partial charge in [-0.3, -0.25) is 9.48 Å². The van der Waals surface area contributed by atoms with Gasteiger partial charge in [0.25, 0.3) is 5.91 Å². The fraction of sp³-hybridized carbons (Fsp3) is 0.444. The number of carbonyl (C=O) groups is 1. The molecule has 2 heterocycles. The molecule has 1 aliphatic heterocycles. The van der Waals surface area contributed by atoms with Crippen molar-refractivity contribution >= 4 is 5.91 Å². The van der Waals surface area contributed by atoms with Gasteiger partial charge in [0.2, 0.25) is 0 Å². The molecule has 122 valence electrons. The molecule has 23 heavy (non-hydrogen) atoms. The Balaban J connectivity index is 1.89. The summed E-state index contributed by atoms with van der Waals surface area (Å²) in [6.07, 6.45) is 0. The fourth-order valence-corrected chi connectivity index (χ4v) is 3.01. The fourth-order valence-electron chi connectivity index (χ4n) is 3.01. The molecule has 1 aliphatic rings. The lowest BCUT2D eigenvalue weighted by Gasteiger charge is -2.31. The first kappa shape index (κ1) is 15.7. The Hall–Kier alpha value is -2.14. The third-order valence-electron chi connectivity index (χ3n) is 4.56. The largest absolute Gasteiger partial charge is 0.335 e. The first-order chi connectivity index (χ1) is 11.0. The lowest BCUT2D eigenvalue weighted by molar-refractivity contribution is 0.0657. The molecule has 5 nitrogen and oxygen atoms in total. The molecule has 1 amide bonds. The van der Waals surface area contributed by atoms with Crippen LogP contribution >= 0.6 is 0 Å². The number of aryl methyl sites for hydroxylation is 3. The summed E-state index contributed by atoms with van der Waals surface area (Å²) in [5, 5.41) is 4.46. The molecular formula is C18H24N4O. The van der Waals surface area contributed by atoms with Crippen molar-refractivity contribution in [2.24, 2.45) is 7.05 Å².